The van der Waals surface area contributed by atoms with Crippen LogP contribution in [0.2, 0.25) is 0 Å². The van der Waals surface area contributed by atoms with Crippen LogP contribution in [-0.2, 0) is 9.53 Å². The summed E-state index contributed by atoms with van der Waals surface area (Å²) in [5.41, 5.74) is 0.689. The SMILES string of the molecule is CN=C1NCNc2c1n([C@H]1C=CC(OC3=CCCC=C3)=CC1)c(=O)n2C1CCN(C(=O)CCCN(C)C)C1. The van der Waals surface area contributed by atoms with Gasteiger partial charge in [0, 0.05) is 26.6 Å². The minimum absolute atomic E-state index is 0.0777. The number of anilines is 1. The lowest BCUT2D eigenvalue weighted by Crippen LogP contribution is -2.38. The molecule has 204 valence electrons. The molecule has 2 atom stereocenters. The molecular formula is C28H39N7O3. The quantitative estimate of drug-likeness (QED) is 0.546. The van der Waals surface area contributed by atoms with Crippen LogP contribution < -0.4 is 16.3 Å². The number of hydrogen-bond acceptors (Lipinski definition) is 6. The maximum atomic E-state index is 14.0. The second kappa shape index (κ2) is 11.5. The van der Waals surface area contributed by atoms with Gasteiger partial charge in [-0.15, -0.1) is 0 Å². The van der Waals surface area contributed by atoms with Crippen molar-refractivity contribution in [2.24, 2.45) is 4.99 Å². The van der Waals surface area contributed by atoms with Crippen molar-refractivity contribution in [1.82, 2.24) is 24.3 Å². The first kappa shape index (κ1) is 26.1. The van der Waals surface area contributed by atoms with E-state index in [0.717, 1.165) is 55.3 Å². The number of carbonyl (C=O) groups excluding carboxylic acids is 1. The number of nitrogens with one attached hydrogen (secondary N) is 2. The Morgan fingerprint density at radius 1 is 1.16 bits per heavy atom. The fourth-order valence-corrected chi connectivity index (χ4v) is 5.60. The second-order valence-corrected chi connectivity index (χ2v) is 10.5. The molecule has 5 rings (SSSR count). The zero-order chi connectivity index (χ0) is 26.6. The van der Waals surface area contributed by atoms with Crippen LogP contribution in [0.4, 0.5) is 5.82 Å². The van der Waals surface area contributed by atoms with Crippen LogP contribution in [0, 0.1) is 0 Å². The van der Waals surface area contributed by atoms with Crippen molar-refractivity contribution in [2.75, 3.05) is 52.8 Å². The number of allylic oxidation sites excluding steroid dienone is 6. The van der Waals surface area contributed by atoms with Gasteiger partial charge in [0.15, 0.2) is 0 Å². The summed E-state index contributed by atoms with van der Waals surface area (Å²) in [6.45, 7) is 2.59. The van der Waals surface area contributed by atoms with Crippen LogP contribution in [0.3, 0.4) is 0 Å². The minimum Gasteiger partial charge on any atom is -0.458 e. The molecule has 2 aliphatic heterocycles. The molecule has 1 fully saturated rings. The number of aliphatic imine (C=N–C) groups is 1. The maximum absolute atomic E-state index is 14.0. The van der Waals surface area contributed by atoms with Gasteiger partial charge in [0.05, 0.1) is 18.8 Å². The molecule has 1 aromatic heterocycles. The lowest BCUT2D eigenvalue weighted by molar-refractivity contribution is -0.130. The Bertz CT molecular complexity index is 1260. The lowest BCUT2D eigenvalue weighted by atomic mass is 10.1. The van der Waals surface area contributed by atoms with Crippen LogP contribution in [0.15, 0.2) is 57.8 Å². The Labute approximate surface area is 224 Å². The van der Waals surface area contributed by atoms with Gasteiger partial charge in [-0.25, -0.2) is 4.79 Å². The summed E-state index contributed by atoms with van der Waals surface area (Å²) in [6.07, 6.45) is 17.0. The number of nitrogens with zero attached hydrogens (tertiary/aromatic N) is 5. The van der Waals surface area contributed by atoms with Gasteiger partial charge in [0.1, 0.15) is 28.9 Å². The highest BCUT2D eigenvalue weighted by Crippen LogP contribution is 2.32. The monoisotopic (exact) mass is 521 g/mol. The van der Waals surface area contributed by atoms with E-state index < -0.39 is 0 Å². The van der Waals surface area contributed by atoms with Gasteiger partial charge in [0.2, 0.25) is 5.91 Å². The molecule has 1 unspecified atom stereocenters. The summed E-state index contributed by atoms with van der Waals surface area (Å²) in [5, 5.41) is 6.66. The molecular weight excluding hydrogens is 482 g/mol. The van der Waals surface area contributed by atoms with Crippen LogP contribution in [0.1, 0.15) is 56.3 Å². The van der Waals surface area contributed by atoms with Crippen molar-refractivity contribution in [3.05, 3.63) is 64.2 Å². The lowest BCUT2D eigenvalue weighted by Gasteiger charge is -2.24. The molecule has 2 aliphatic carbocycles. The molecule has 1 aromatic rings. The molecule has 3 heterocycles. The molecule has 1 saturated heterocycles. The van der Waals surface area contributed by atoms with Crippen molar-refractivity contribution < 1.29 is 9.53 Å². The Balaban J connectivity index is 1.37. The number of imidazole rings is 1. The fourth-order valence-electron chi connectivity index (χ4n) is 5.60. The van der Waals surface area contributed by atoms with Gasteiger partial charge in [-0.05, 0) is 77.0 Å². The van der Waals surface area contributed by atoms with E-state index in [4.69, 9.17) is 4.74 Å². The number of amides is 1. The van der Waals surface area contributed by atoms with E-state index in [1.54, 1.807) is 7.05 Å². The third-order valence-electron chi connectivity index (χ3n) is 7.53. The Morgan fingerprint density at radius 3 is 2.71 bits per heavy atom. The predicted octanol–water partition coefficient (Wildman–Crippen LogP) is 2.75. The van der Waals surface area contributed by atoms with Crippen LogP contribution in [-0.4, -0.2) is 78.1 Å². The molecule has 38 heavy (non-hydrogen) atoms. The molecule has 0 bridgehead atoms. The number of amidine groups is 1. The summed E-state index contributed by atoms with van der Waals surface area (Å²) >= 11 is 0. The molecule has 1 amide bonds. The van der Waals surface area contributed by atoms with E-state index in [1.807, 2.05) is 52.4 Å². The Morgan fingerprint density at radius 2 is 2.00 bits per heavy atom. The van der Waals surface area contributed by atoms with E-state index in [2.05, 4.69) is 32.7 Å². The highest BCUT2D eigenvalue weighted by Gasteiger charge is 2.36. The van der Waals surface area contributed by atoms with Crippen LogP contribution >= 0.6 is 0 Å². The summed E-state index contributed by atoms with van der Waals surface area (Å²) in [7, 11) is 5.77. The topological polar surface area (TPSA) is 96.1 Å². The Hall–Kier alpha value is -3.53. The van der Waals surface area contributed by atoms with Gasteiger partial charge >= 0.3 is 5.69 Å². The minimum atomic E-state index is -0.163. The van der Waals surface area contributed by atoms with Gasteiger partial charge in [-0.3, -0.25) is 18.9 Å². The molecule has 10 nitrogen and oxygen atoms in total. The van der Waals surface area contributed by atoms with Gasteiger partial charge in [0.25, 0.3) is 0 Å². The van der Waals surface area contributed by atoms with Gasteiger partial charge in [-0.2, -0.15) is 0 Å². The number of rotatable bonds is 8. The smallest absolute Gasteiger partial charge is 0.331 e. The first-order valence-electron chi connectivity index (χ1n) is 13.6. The van der Waals surface area contributed by atoms with Gasteiger partial charge < -0.3 is 25.2 Å². The highest BCUT2D eigenvalue weighted by molar-refractivity contribution is 6.03. The van der Waals surface area contributed by atoms with Gasteiger partial charge in [-0.1, -0.05) is 12.2 Å². The van der Waals surface area contributed by atoms with E-state index >= 15 is 0 Å². The number of ether oxygens (including phenoxy) is 1. The average Bonchev–Trinajstić information content (AvgIpc) is 3.51. The third kappa shape index (κ3) is 5.36. The number of likely N-dealkylation sites (tertiary alicyclic amines) is 1. The van der Waals surface area contributed by atoms with E-state index in [0.29, 0.717) is 38.4 Å². The largest absolute Gasteiger partial charge is 0.458 e. The number of fused-ring (bicyclic) bond motifs is 1. The summed E-state index contributed by atoms with van der Waals surface area (Å²) in [4.78, 5) is 35.3. The summed E-state index contributed by atoms with van der Waals surface area (Å²) in [5.74, 6) is 3.29. The standard InChI is InChI=1S/C28H39N7O3/c1-29-26-25-27(31-19-30-26)35(21-15-17-33(18-21)24(36)10-7-16-32(2)3)28(37)34(25)20-11-13-23(14-12-20)38-22-8-5-4-6-9-22/h5,8-9,11,13-14,20-21,31H,4,6-7,10,12,15-19H2,1-3H3,(H,29,30)/t20-,21?/m0/s1. The zero-order valence-corrected chi connectivity index (χ0v) is 22.7. The number of carbonyl (C=O) groups is 1. The van der Waals surface area contributed by atoms with Crippen molar-refractivity contribution in [2.45, 2.75) is 50.6 Å². The van der Waals surface area contributed by atoms with E-state index in [9.17, 15) is 9.59 Å². The number of hydrogen-bond donors (Lipinski definition) is 2. The molecule has 0 radical (unpaired) electrons. The first-order chi connectivity index (χ1) is 18.5. The molecule has 2 N–H and O–H groups in total. The first-order valence-corrected chi connectivity index (χ1v) is 13.6. The fraction of sp³-hybridized carbons (Fsp3) is 0.536. The van der Waals surface area contributed by atoms with E-state index in [1.165, 1.54) is 0 Å². The highest BCUT2D eigenvalue weighted by atomic mass is 16.5. The molecule has 0 aromatic carbocycles. The maximum Gasteiger partial charge on any atom is 0.331 e. The Kier molecular flexibility index (Phi) is 7.87. The van der Waals surface area contributed by atoms with Crippen molar-refractivity contribution in [1.29, 1.82) is 0 Å². The van der Waals surface area contributed by atoms with Crippen LogP contribution in [0.25, 0.3) is 0 Å². The average molecular weight is 522 g/mol. The van der Waals surface area contributed by atoms with Crippen molar-refractivity contribution in [3.8, 4) is 0 Å². The zero-order valence-electron chi connectivity index (χ0n) is 22.7. The summed E-state index contributed by atoms with van der Waals surface area (Å²) in [6, 6.07) is -0.240. The molecule has 4 aliphatic rings. The second-order valence-electron chi connectivity index (χ2n) is 10.5. The molecule has 0 saturated carbocycles. The van der Waals surface area contributed by atoms with Crippen molar-refractivity contribution in [3.63, 3.8) is 0 Å². The third-order valence-corrected chi connectivity index (χ3v) is 7.53. The van der Waals surface area contributed by atoms with Crippen LogP contribution in [0.5, 0.6) is 0 Å². The van der Waals surface area contributed by atoms with E-state index in [-0.39, 0.29) is 23.7 Å². The predicted molar refractivity (Wildman–Crippen MR) is 149 cm³/mol. The normalized spacial score (nSPS) is 23.7. The summed E-state index contributed by atoms with van der Waals surface area (Å²) < 4.78 is 9.72. The van der Waals surface area contributed by atoms with Crippen molar-refractivity contribution >= 4 is 17.6 Å². The number of aromatic nitrogens is 2. The molecule has 0 spiro atoms. The molecule has 10 heteroatoms.